The fourth-order valence-corrected chi connectivity index (χ4v) is 3.36. The number of ether oxygens (including phenoxy) is 1. The molecular weight excluding hydrogens is 302 g/mol. The van der Waals surface area contributed by atoms with Gasteiger partial charge in [-0.3, -0.25) is 4.79 Å². The van der Waals surface area contributed by atoms with Crippen LogP contribution in [0.5, 0.6) is 5.75 Å². The summed E-state index contributed by atoms with van der Waals surface area (Å²) in [6.45, 7) is 0.278. The number of fused-ring (bicyclic) bond motifs is 1. The number of benzene rings is 2. The Morgan fingerprint density at radius 2 is 1.88 bits per heavy atom. The Balaban J connectivity index is 1.44. The van der Waals surface area contributed by atoms with Crippen molar-refractivity contribution in [1.82, 2.24) is 5.32 Å². The molecule has 128 valence electrons. The number of hydrogen-bond donors (Lipinski definition) is 2. The topological polar surface area (TPSA) is 58.6 Å². The fourth-order valence-electron chi connectivity index (χ4n) is 3.36. The SMILES string of the molecule is O=C(COc1ccc2ccccc2c1)NC[C@@H](O)C1CCCCC1. The van der Waals surface area contributed by atoms with Gasteiger partial charge in [0.1, 0.15) is 5.75 Å². The minimum atomic E-state index is -0.449. The zero-order chi connectivity index (χ0) is 16.8. The highest BCUT2D eigenvalue weighted by Gasteiger charge is 2.21. The van der Waals surface area contributed by atoms with Crippen LogP contribution in [0.2, 0.25) is 0 Å². The summed E-state index contributed by atoms with van der Waals surface area (Å²) in [6, 6.07) is 13.8. The predicted octanol–water partition coefficient (Wildman–Crippen LogP) is 3.28. The van der Waals surface area contributed by atoms with Crippen LogP contribution in [0.3, 0.4) is 0 Å². The van der Waals surface area contributed by atoms with E-state index in [9.17, 15) is 9.90 Å². The van der Waals surface area contributed by atoms with E-state index >= 15 is 0 Å². The zero-order valence-corrected chi connectivity index (χ0v) is 13.9. The first-order valence-electron chi connectivity index (χ1n) is 8.79. The normalized spacial score (nSPS) is 16.7. The molecule has 0 heterocycles. The smallest absolute Gasteiger partial charge is 0.258 e. The summed E-state index contributed by atoms with van der Waals surface area (Å²) in [5, 5.41) is 15.2. The number of rotatable bonds is 6. The van der Waals surface area contributed by atoms with Gasteiger partial charge in [-0.25, -0.2) is 0 Å². The molecule has 2 N–H and O–H groups in total. The average molecular weight is 327 g/mol. The van der Waals surface area contributed by atoms with E-state index in [1.54, 1.807) is 0 Å². The molecule has 0 unspecified atom stereocenters. The van der Waals surface area contributed by atoms with Crippen LogP contribution < -0.4 is 10.1 Å². The van der Waals surface area contributed by atoms with Crippen molar-refractivity contribution in [1.29, 1.82) is 0 Å². The molecule has 4 nitrogen and oxygen atoms in total. The molecule has 1 amide bonds. The number of aliphatic hydroxyl groups excluding tert-OH is 1. The maximum absolute atomic E-state index is 11.9. The molecular formula is C20H25NO3. The van der Waals surface area contributed by atoms with Crippen molar-refractivity contribution in [3.8, 4) is 5.75 Å². The van der Waals surface area contributed by atoms with Crippen LogP contribution in [0.4, 0.5) is 0 Å². The maximum atomic E-state index is 11.9. The molecule has 0 spiro atoms. The van der Waals surface area contributed by atoms with E-state index in [4.69, 9.17) is 4.74 Å². The Morgan fingerprint density at radius 3 is 2.67 bits per heavy atom. The average Bonchev–Trinajstić information content (AvgIpc) is 2.65. The summed E-state index contributed by atoms with van der Waals surface area (Å²) in [4.78, 5) is 11.9. The van der Waals surface area contributed by atoms with E-state index in [1.807, 2.05) is 42.5 Å². The van der Waals surface area contributed by atoms with Crippen molar-refractivity contribution in [3.63, 3.8) is 0 Å². The van der Waals surface area contributed by atoms with Gasteiger partial charge in [0.15, 0.2) is 6.61 Å². The van der Waals surface area contributed by atoms with Crippen LogP contribution in [-0.2, 0) is 4.79 Å². The highest BCUT2D eigenvalue weighted by Crippen LogP contribution is 2.26. The van der Waals surface area contributed by atoms with Gasteiger partial charge in [0.05, 0.1) is 6.10 Å². The lowest BCUT2D eigenvalue weighted by Gasteiger charge is -2.26. The van der Waals surface area contributed by atoms with Gasteiger partial charge >= 0.3 is 0 Å². The minimum absolute atomic E-state index is 0.0320. The van der Waals surface area contributed by atoms with E-state index in [2.05, 4.69) is 5.32 Å². The third-order valence-electron chi connectivity index (χ3n) is 4.79. The lowest BCUT2D eigenvalue weighted by Crippen LogP contribution is -2.39. The van der Waals surface area contributed by atoms with Crippen molar-refractivity contribution in [3.05, 3.63) is 42.5 Å². The Hall–Kier alpha value is -2.07. The van der Waals surface area contributed by atoms with Crippen molar-refractivity contribution in [2.45, 2.75) is 38.2 Å². The third-order valence-corrected chi connectivity index (χ3v) is 4.79. The molecule has 1 fully saturated rings. The molecule has 24 heavy (non-hydrogen) atoms. The highest BCUT2D eigenvalue weighted by molar-refractivity contribution is 5.84. The highest BCUT2D eigenvalue weighted by atomic mass is 16.5. The van der Waals surface area contributed by atoms with Crippen LogP contribution >= 0.6 is 0 Å². The molecule has 4 heteroatoms. The first-order valence-corrected chi connectivity index (χ1v) is 8.79. The van der Waals surface area contributed by atoms with Crippen LogP contribution in [0.15, 0.2) is 42.5 Å². The van der Waals surface area contributed by atoms with Gasteiger partial charge in [-0.1, -0.05) is 49.6 Å². The zero-order valence-electron chi connectivity index (χ0n) is 13.9. The van der Waals surface area contributed by atoms with Crippen molar-refractivity contribution in [2.75, 3.05) is 13.2 Å². The van der Waals surface area contributed by atoms with Gasteiger partial charge in [-0.2, -0.15) is 0 Å². The van der Waals surface area contributed by atoms with Crippen LogP contribution in [0.25, 0.3) is 10.8 Å². The van der Waals surface area contributed by atoms with Crippen LogP contribution in [-0.4, -0.2) is 30.3 Å². The largest absolute Gasteiger partial charge is 0.484 e. The fraction of sp³-hybridized carbons (Fsp3) is 0.450. The quantitative estimate of drug-likeness (QED) is 0.856. The molecule has 0 aromatic heterocycles. The first kappa shape index (κ1) is 16.8. The van der Waals surface area contributed by atoms with Gasteiger partial charge in [0.2, 0.25) is 0 Å². The summed E-state index contributed by atoms with van der Waals surface area (Å²) < 4.78 is 5.56. The molecule has 0 aliphatic heterocycles. The summed E-state index contributed by atoms with van der Waals surface area (Å²) in [6.07, 6.45) is 5.29. The molecule has 2 aromatic carbocycles. The summed E-state index contributed by atoms with van der Waals surface area (Å²) in [5.41, 5.74) is 0. The third kappa shape index (κ3) is 4.48. The first-order chi connectivity index (χ1) is 11.7. The molecule has 3 rings (SSSR count). The minimum Gasteiger partial charge on any atom is -0.484 e. The van der Waals surface area contributed by atoms with Gasteiger partial charge in [-0.15, -0.1) is 0 Å². The van der Waals surface area contributed by atoms with Crippen molar-refractivity contribution < 1.29 is 14.6 Å². The molecule has 1 atom stereocenters. The number of hydrogen-bond acceptors (Lipinski definition) is 3. The van der Waals surface area contributed by atoms with E-state index < -0.39 is 6.10 Å². The number of carbonyl (C=O) groups excluding carboxylic acids is 1. The molecule has 1 aliphatic rings. The number of amides is 1. The van der Waals surface area contributed by atoms with Gasteiger partial charge in [-0.05, 0) is 41.7 Å². The van der Waals surface area contributed by atoms with Gasteiger partial charge in [0, 0.05) is 6.54 Å². The van der Waals surface area contributed by atoms with Crippen molar-refractivity contribution in [2.24, 2.45) is 5.92 Å². The number of nitrogens with one attached hydrogen (secondary N) is 1. The summed E-state index contributed by atoms with van der Waals surface area (Å²) in [7, 11) is 0. The second kappa shape index (κ2) is 8.15. The molecule has 1 saturated carbocycles. The van der Waals surface area contributed by atoms with E-state index in [0.29, 0.717) is 18.2 Å². The lowest BCUT2D eigenvalue weighted by atomic mass is 9.85. The Labute approximate surface area is 142 Å². The summed E-state index contributed by atoms with van der Waals surface area (Å²) >= 11 is 0. The standard InChI is InChI=1S/C20H25NO3/c22-19(16-7-2-1-3-8-16)13-21-20(23)14-24-18-11-10-15-6-4-5-9-17(15)12-18/h4-6,9-12,16,19,22H,1-3,7-8,13-14H2,(H,21,23)/t19-/m1/s1. The maximum Gasteiger partial charge on any atom is 0.258 e. The van der Waals surface area contributed by atoms with Gasteiger partial charge < -0.3 is 15.2 Å². The Bertz CT molecular complexity index is 679. The number of aliphatic hydroxyl groups is 1. The lowest BCUT2D eigenvalue weighted by molar-refractivity contribution is -0.123. The Kier molecular flexibility index (Phi) is 5.70. The Morgan fingerprint density at radius 1 is 1.12 bits per heavy atom. The molecule has 1 aliphatic carbocycles. The second-order valence-electron chi connectivity index (χ2n) is 6.57. The van der Waals surface area contributed by atoms with Crippen molar-refractivity contribution >= 4 is 16.7 Å². The molecule has 0 bridgehead atoms. The summed E-state index contributed by atoms with van der Waals surface area (Å²) in [5.74, 6) is 0.801. The monoisotopic (exact) mass is 327 g/mol. The van der Waals surface area contributed by atoms with E-state index in [1.165, 1.54) is 19.3 Å². The molecule has 0 saturated heterocycles. The predicted molar refractivity (Wildman–Crippen MR) is 95.0 cm³/mol. The van der Waals surface area contributed by atoms with E-state index in [-0.39, 0.29) is 12.5 Å². The van der Waals surface area contributed by atoms with Crippen LogP contribution in [0.1, 0.15) is 32.1 Å². The second-order valence-corrected chi connectivity index (χ2v) is 6.57. The number of carbonyl (C=O) groups is 1. The molecule has 2 aromatic rings. The molecule has 0 radical (unpaired) electrons. The van der Waals surface area contributed by atoms with Gasteiger partial charge in [0.25, 0.3) is 5.91 Å². The van der Waals surface area contributed by atoms with Crippen LogP contribution in [0, 0.1) is 5.92 Å². The van der Waals surface area contributed by atoms with E-state index in [0.717, 1.165) is 23.6 Å².